The van der Waals surface area contributed by atoms with Crippen molar-refractivity contribution in [1.82, 2.24) is 0 Å². The number of nitrogens with one attached hydrogen (secondary N) is 1. The van der Waals surface area contributed by atoms with Crippen molar-refractivity contribution in [3.63, 3.8) is 0 Å². The zero-order valence-corrected chi connectivity index (χ0v) is 32.8. The molecule has 27 heteroatoms. The van der Waals surface area contributed by atoms with Gasteiger partial charge in [0.15, 0.2) is 21.3 Å². The summed E-state index contributed by atoms with van der Waals surface area (Å²) in [5.74, 6) is -2.44. The molecule has 57 heavy (non-hydrogen) atoms. The van der Waals surface area contributed by atoms with Crippen molar-refractivity contribution in [3.8, 4) is 11.5 Å². The van der Waals surface area contributed by atoms with E-state index < -0.39 is 105 Å². The molecule has 0 fully saturated rings. The third-order valence-corrected chi connectivity index (χ3v) is 12.6. The number of fused-ring (bicyclic) bond motifs is 2. The Morgan fingerprint density at radius 3 is 1.86 bits per heavy atom. The summed E-state index contributed by atoms with van der Waals surface area (Å²) in [6, 6.07) is 12.2. The first kappa shape index (κ1) is 42.9. The van der Waals surface area contributed by atoms with Crippen molar-refractivity contribution in [2.45, 2.75) is 19.6 Å². The topological polar surface area (TPSA) is 352 Å². The molecule has 0 aliphatic rings. The summed E-state index contributed by atoms with van der Waals surface area (Å²) in [5, 5.41) is 28.8. The number of methoxy groups -OCH3 is 1. The lowest BCUT2D eigenvalue weighted by atomic mass is 10.0. The number of azo groups is 2. The minimum atomic E-state index is -5.33. The second kappa shape index (κ2) is 15.6. The molecule has 0 saturated carbocycles. The summed E-state index contributed by atoms with van der Waals surface area (Å²) in [5.41, 5.74) is -1.42. The van der Waals surface area contributed by atoms with Crippen LogP contribution in [0.4, 0.5) is 28.4 Å². The average molecular weight is 890 g/mol. The molecule has 0 bridgehead atoms. The van der Waals surface area contributed by atoms with E-state index in [0.717, 1.165) is 37.4 Å². The molecule has 0 aliphatic carbocycles. The van der Waals surface area contributed by atoms with Crippen LogP contribution >= 0.6 is 0 Å². The van der Waals surface area contributed by atoms with Crippen molar-refractivity contribution in [2.75, 3.05) is 31.8 Å². The van der Waals surface area contributed by atoms with E-state index in [1.54, 1.807) is 0 Å². The van der Waals surface area contributed by atoms with Crippen LogP contribution in [0.25, 0.3) is 21.5 Å². The third-order valence-electron chi connectivity index (χ3n) is 7.82. The number of nitrogens with zero attached hydrogens (tertiary/aromatic N) is 4. The Labute approximate surface area is 323 Å². The van der Waals surface area contributed by atoms with Gasteiger partial charge < -0.3 is 15.2 Å². The highest BCUT2D eigenvalue weighted by Crippen LogP contribution is 2.48. The van der Waals surface area contributed by atoms with Crippen LogP contribution in [0.15, 0.2) is 107 Å². The molecule has 0 radical (unpaired) electrons. The molecule has 304 valence electrons. The van der Waals surface area contributed by atoms with Crippen molar-refractivity contribution < 1.29 is 74.3 Å². The molecule has 0 aromatic heterocycles. The fraction of sp³-hybridized carbons (Fsp3) is 0.133. The molecule has 5 rings (SSSR count). The summed E-state index contributed by atoms with van der Waals surface area (Å²) >= 11 is 0. The molecule has 0 atom stereocenters. The average Bonchev–Trinajstić information content (AvgIpc) is 3.10. The zero-order chi connectivity index (χ0) is 42.3. The number of hydrogen-bond acceptors (Lipinski definition) is 18. The van der Waals surface area contributed by atoms with Gasteiger partial charge in [0.25, 0.3) is 30.4 Å². The molecule has 0 saturated heterocycles. The quantitative estimate of drug-likeness (QED) is 0.0636. The maximum atomic E-state index is 12.9. The number of anilines is 1. The van der Waals surface area contributed by atoms with Gasteiger partial charge in [0.1, 0.15) is 37.4 Å². The van der Waals surface area contributed by atoms with Gasteiger partial charge in [-0.15, -0.1) is 20.5 Å². The normalized spacial score (nSPS) is 13.2. The lowest BCUT2D eigenvalue weighted by Gasteiger charge is -2.15. The highest BCUT2D eigenvalue weighted by Gasteiger charge is 2.28. The van der Waals surface area contributed by atoms with Crippen LogP contribution in [0.5, 0.6) is 11.5 Å². The van der Waals surface area contributed by atoms with E-state index >= 15 is 0 Å². The Morgan fingerprint density at radius 2 is 1.26 bits per heavy atom. The number of phenols is 1. The number of rotatable bonds is 14. The number of sulfone groups is 1. The highest BCUT2D eigenvalue weighted by atomic mass is 32.3. The zero-order valence-electron chi connectivity index (χ0n) is 28.7. The van der Waals surface area contributed by atoms with Crippen LogP contribution in [-0.4, -0.2) is 91.9 Å². The predicted molar refractivity (Wildman–Crippen MR) is 199 cm³/mol. The van der Waals surface area contributed by atoms with Crippen LogP contribution in [0.3, 0.4) is 0 Å². The Morgan fingerprint density at radius 1 is 0.649 bits per heavy atom. The maximum Gasteiger partial charge on any atom is 0.397 e. The minimum absolute atomic E-state index is 0.0555. The Hall–Kier alpha value is -5.23. The van der Waals surface area contributed by atoms with E-state index in [2.05, 4.69) is 30.0 Å². The van der Waals surface area contributed by atoms with E-state index in [1.807, 2.05) is 0 Å². The van der Waals surface area contributed by atoms with Crippen LogP contribution < -0.4 is 10.1 Å². The lowest BCUT2D eigenvalue weighted by Crippen LogP contribution is -2.16. The van der Waals surface area contributed by atoms with Crippen molar-refractivity contribution >= 4 is 101 Å². The largest absolute Gasteiger partial charge is 0.505 e. The number of benzene rings is 5. The van der Waals surface area contributed by atoms with Crippen molar-refractivity contribution in [2.24, 2.45) is 20.5 Å². The molecule has 0 spiro atoms. The molecule has 5 aromatic rings. The summed E-state index contributed by atoms with van der Waals surface area (Å²) in [7, 11) is -22.3. The second-order valence-electron chi connectivity index (χ2n) is 11.4. The molecule has 5 aromatic carbocycles. The highest BCUT2D eigenvalue weighted by molar-refractivity contribution is 7.91. The molecular weight excluding hydrogens is 863 g/mol. The summed E-state index contributed by atoms with van der Waals surface area (Å²) < 4.78 is 170. The Balaban J connectivity index is 1.70. The van der Waals surface area contributed by atoms with Crippen molar-refractivity contribution in [1.29, 1.82) is 0 Å². The number of aromatic hydroxyl groups is 1. The van der Waals surface area contributed by atoms with Crippen LogP contribution in [-0.2, 0) is 54.8 Å². The van der Waals surface area contributed by atoms with E-state index in [0.29, 0.717) is 6.07 Å². The standard InChI is InChI=1S/C30H27N5O17S5/c1-31-21-10-8-18-19(27(21)34-32-20-5-3-4-6-23(20)54(39,40)41)15-25(56(45,46)47)28(30(18)51-2)35-33-22-9-7-16-13-17(53(37,38)12-11-52-57(48,49)50)14-24(55(42,43)44)26(16)29(22)36/h3-10,13-15,31,36H,11-12H2,1-2H3,(H,39,40,41)(H,42,43,44)(H,45,46,47)(H,48,49,50). The van der Waals surface area contributed by atoms with E-state index in [4.69, 9.17) is 9.29 Å². The van der Waals surface area contributed by atoms with Crippen LogP contribution in [0, 0.1) is 0 Å². The minimum Gasteiger partial charge on any atom is -0.505 e. The SMILES string of the molecule is CNc1ccc2c(OC)c(N=Nc3ccc4cc(S(=O)(=O)CCOS(=O)(=O)O)cc(S(=O)(=O)O)c4c3O)c(S(=O)(=O)O)cc2c1N=Nc1ccccc1S(=O)(=O)O. The second-order valence-corrected chi connectivity index (χ2v) is 18.7. The van der Waals surface area contributed by atoms with Gasteiger partial charge in [-0.25, -0.2) is 12.6 Å². The summed E-state index contributed by atoms with van der Waals surface area (Å²) in [6.45, 7) is -1.07. The predicted octanol–water partition coefficient (Wildman–Crippen LogP) is 4.91. The summed E-state index contributed by atoms with van der Waals surface area (Å²) in [4.78, 5) is -3.44. The Kier molecular flexibility index (Phi) is 11.7. The first-order valence-corrected chi connectivity index (χ1v) is 22.6. The van der Waals surface area contributed by atoms with Gasteiger partial charge >= 0.3 is 10.4 Å². The fourth-order valence-electron chi connectivity index (χ4n) is 5.37. The van der Waals surface area contributed by atoms with E-state index in [-0.39, 0.29) is 39.0 Å². The van der Waals surface area contributed by atoms with Crippen LogP contribution in [0.1, 0.15) is 0 Å². The molecule has 6 N–H and O–H groups in total. The van der Waals surface area contributed by atoms with Gasteiger partial charge in [-0.1, -0.05) is 18.2 Å². The molecule has 0 amide bonds. The van der Waals surface area contributed by atoms with Crippen molar-refractivity contribution in [3.05, 3.63) is 66.7 Å². The Bertz CT molecular complexity index is 3100. The fourth-order valence-corrected chi connectivity index (χ4v) is 9.00. The van der Waals surface area contributed by atoms with Gasteiger partial charge in [-0.3, -0.25) is 18.2 Å². The molecule has 22 nitrogen and oxygen atoms in total. The van der Waals surface area contributed by atoms with Crippen LogP contribution in [0.2, 0.25) is 0 Å². The van der Waals surface area contributed by atoms with Gasteiger partial charge in [-0.2, -0.15) is 33.7 Å². The monoisotopic (exact) mass is 889 g/mol. The molecular formula is C30H27N5O17S5. The first-order valence-electron chi connectivity index (χ1n) is 15.2. The van der Waals surface area contributed by atoms with Gasteiger partial charge in [-0.05, 0) is 53.9 Å². The third kappa shape index (κ3) is 9.33. The van der Waals surface area contributed by atoms with E-state index in [1.165, 1.54) is 37.4 Å². The smallest absolute Gasteiger partial charge is 0.397 e. The molecule has 0 heterocycles. The molecule has 0 unspecified atom stereocenters. The first-order chi connectivity index (χ1) is 26.4. The van der Waals surface area contributed by atoms with Gasteiger partial charge in [0, 0.05) is 23.2 Å². The number of hydrogen-bond donors (Lipinski definition) is 6. The van der Waals surface area contributed by atoms with E-state index in [9.17, 15) is 60.9 Å². The maximum absolute atomic E-state index is 12.9. The number of ether oxygens (including phenoxy) is 1. The number of phenolic OH excluding ortho intramolecular Hbond substituents is 1. The summed E-state index contributed by atoms with van der Waals surface area (Å²) in [6.07, 6.45) is 0. The molecule has 0 aliphatic heterocycles. The van der Waals surface area contributed by atoms with Gasteiger partial charge in [0.2, 0.25) is 0 Å². The van der Waals surface area contributed by atoms with Gasteiger partial charge in [0.05, 0.1) is 30.1 Å². The lowest BCUT2D eigenvalue weighted by molar-refractivity contribution is 0.284.